The molecule has 1 aromatic carbocycles. The van der Waals surface area contributed by atoms with Crippen LogP contribution < -0.4 is 0 Å². The minimum absolute atomic E-state index is 0.133. The van der Waals surface area contributed by atoms with E-state index in [1.165, 1.54) is 18.2 Å². The van der Waals surface area contributed by atoms with Crippen molar-refractivity contribution in [1.82, 2.24) is 0 Å². The molecule has 1 rings (SSSR count). The molecule has 116 valence electrons. The fraction of sp³-hybridized carbons (Fsp3) is 0.429. The van der Waals surface area contributed by atoms with Crippen LogP contribution in [0.15, 0.2) is 29.3 Å². The SMILES string of the molecule is CCOC(=O)CN=C(OCC)c1ccccc1C(F)(F)F. The second kappa shape index (κ2) is 7.66. The molecule has 4 nitrogen and oxygen atoms in total. The number of ether oxygens (including phenoxy) is 2. The lowest BCUT2D eigenvalue weighted by Crippen LogP contribution is -2.18. The molecule has 0 aliphatic carbocycles. The van der Waals surface area contributed by atoms with E-state index >= 15 is 0 Å². The van der Waals surface area contributed by atoms with E-state index in [2.05, 4.69) is 9.73 Å². The topological polar surface area (TPSA) is 47.9 Å². The van der Waals surface area contributed by atoms with Crippen molar-refractivity contribution in [3.63, 3.8) is 0 Å². The Kier molecular flexibility index (Phi) is 6.20. The Balaban J connectivity index is 3.11. The number of carbonyl (C=O) groups excluding carboxylic acids is 1. The second-order valence-corrected chi connectivity index (χ2v) is 3.90. The van der Waals surface area contributed by atoms with Gasteiger partial charge in [0.15, 0.2) is 0 Å². The fourth-order valence-electron chi connectivity index (χ4n) is 1.61. The second-order valence-electron chi connectivity index (χ2n) is 3.90. The highest BCUT2D eigenvalue weighted by atomic mass is 19.4. The highest BCUT2D eigenvalue weighted by molar-refractivity contribution is 5.96. The Morgan fingerprint density at radius 2 is 1.76 bits per heavy atom. The zero-order valence-corrected chi connectivity index (χ0v) is 11.7. The van der Waals surface area contributed by atoms with Crippen LogP contribution in [-0.2, 0) is 20.4 Å². The fourth-order valence-corrected chi connectivity index (χ4v) is 1.61. The van der Waals surface area contributed by atoms with Gasteiger partial charge in [-0.15, -0.1) is 0 Å². The summed E-state index contributed by atoms with van der Waals surface area (Å²) in [5.74, 6) is -0.849. The van der Waals surface area contributed by atoms with Crippen LogP contribution in [0.3, 0.4) is 0 Å². The molecule has 0 N–H and O–H groups in total. The zero-order valence-electron chi connectivity index (χ0n) is 11.7. The summed E-state index contributed by atoms with van der Waals surface area (Å²) in [5.41, 5.74) is -1.06. The minimum atomic E-state index is -4.53. The van der Waals surface area contributed by atoms with E-state index in [1.807, 2.05) is 0 Å². The Labute approximate surface area is 120 Å². The van der Waals surface area contributed by atoms with E-state index in [1.54, 1.807) is 13.8 Å². The molecule has 0 fully saturated rings. The molecule has 7 heteroatoms. The number of aliphatic imine (C=N–C) groups is 1. The number of carbonyl (C=O) groups is 1. The van der Waals surface area contributed by atoms with Gasteiger partial charge < -0.3 is 9.47 Å². The summed E-state index contributed by atoms with van der Waals surface area (Å²) in [6, 6.07) is 4.92. The van der Waals surface area contributed by atoms with Crippen LogP contribution in [0.1, 0.15) is 25.0 Å². The summed E-state index contributed by atoms with van der Waals surface area (Å²) in [4.78, 5) is 15.1. The Morgan fingerprint density at radius 1 is 1.14 bits per heavy atom. The van der Waals surface area contributed by atoms with Gasteiger partial charge in [0.25, 0.3) is 0 Å². The van der Waals surface area contributed by atoms with E-state index in [9.17, 15) is 18.0 Å². The molecule has 0 aliphatic heterocycles. The molecule has 0 radical (unpaired) electrons. The van der Waals surface area contributed by atoms with E-state index in [0.717, 1.165) is 6.07 Å². The largest absolute Gasteiger partial charge is 0.478 e. The van der Waals surface area contributed by atoms with E-state index < -0.39 is 24.3 Å². The first-order valence-corrected chi connectivity index (χ1v) is 6.39. The quantitative estimate of drug-likeness (QED) is 0.477. The average molecular weight is 303 g/mol. The van der Waals surface area contributed by atoms with Crippen LogP contribution in [0.25, 0.3) is 0 Å². The first-order valence-electron chi connectivity index (χ1n) is 6.39. The molecular weight excluding hydrogens is 287 g/mol. The molecule has 0 unspecified atom stereocenters. The lowest BCUT2D eigenvalue weighted by molar-refractivity contribution is -0.141. The number of esters is 1. The van der Waals surface area contributed by atoms with Crippen LogP contribution in [0.5, 0.6) is 0 Å². The molecule has 0 spiro atoms. The summed E-state index contributed by atoms with van der Waals surface area (Å²) < 4.78 is 48.7. The molecule has 0 bridgehead atoms. The molecule has 0 atom stereocenters. The van der Waals surface area contributed by atoms with Gasteiger partial charge in [-0.3, -0.25) is 4.79 Å². The molecule has 0 heterocycles. The number of nitrogens with zero attached hydrogens (tertiary/aromatic N) is 1. The number of hydrogen-bond donors (Lipinski definition) is 0. The van der Waals surface area contributed by atoms with Crippen molar-refractivity contribution in [3.8, 4) is 0 Å². The van der Waals surface area contributed by atoms with Gasteiger partial charge in [0.05, 0.1) is 18.8 Å². The van der Waals surface area contributed by atoms with Gasteiger partial charge in [0.2, 0.25) is 5.90 Å². The maximum absolute atomic E-state index is 13.0. The van der Waals surface area contributed by atoms with Crippen LogP contribution in [0, 0.1) is 0 Å². The molecule has 0 amide bonds. The smallest absolute Gasteiger partial charge is 0.417 e. The van der Waals surface area contributed by atoms with Gasteiger partial charge in [-0.05, 0) is 26.0 Å². The van der Waals surface area contributed by atoms with Crippen molar-refractivity contribution in [2.24, 2.45) is 4.99 Å². The molecule has 0 saturated carbocycles. The van der Waals surface area contributed by atoms with Crippen LogP contribution in [-0.4, -0.2) is 31.6 Å². The standard InChI is InChI=1S/C14H16F3NO3/c1-3-20-12(19)9-18-13(21-4-2)10-7-5-6-8-11(10)14(15,16)17/h5-8H,3-4,9H2,1-2H3. The zero-order chi connectivity index (χ0) is 15.9. The summed E-state index contributed by atoms with van der Waals surface area (Å²) in [7, 11) is 0. The number of halogens is 3. The molecule has 1 aromatic rings. The highest BCUT2D eigenvalue weighted by Crippen LogP contribution is 2.32. The molecule has 21 heavy (non-hydrogen) atoms. The third kappa shape index (κ3) is 5.09. The normalized spacial score (nSPS) is 12.1. The number of rotatable bonds is 5. The summed E-state index contributed by atoms with van der Waals surface area (Å²) >= 11 is 0. The van der Waals surface area contributed by atoms with Crippen molar-refractivity contribution in [2.45, 2.75) is 20.0 Å². The van der Waals surface area contributed by atoms with Gasteiger partial charge in [0.1, 0.15) is 6.54 Å². The number of alkyl halides is 3. The van der Waals surface area contributed by atoms with Crippen LogP contribution in [0.4, 0.5) is 13.2 Å². The molecule has 0 aromatic heterocycles. The number of benzene rings is 1. The van der Waals surface area contributed by atoms with Gasteiger partial charge >= 0.3 is 12.1 Å². The molecule has 0 saturated heterocycles. The summed E-state index contributed by atoms with van der Waals surface area (Å²) in [5, 5.41) is 0. The van der Waals surface area contributed by atoms with Gasteiger partial charge in [-0.25, -0.2) is 4.99 Å². The molecular formula is C14H16F3NO3. The lowest BCUT2D eigenvalue weighted by atomic mass is 10.1. The summed E-state index contributed by atoms with van der Waals surface area (Å²) in [6.45, 7) is 3.17. The van der Waals surface area contributed by atoms with E-state index in [0.29, 0.717) is 0 Å². The van der Waals surface area contributed by atoms with Gasteiger partial charge in [-0.1, -0.05) is 12.1 Å². The number of hydrogen-bond acceptors (Lipinski definition) is 4. The third-order valence-electron chi connectivity index (χ3n) is 2.40. The first-order chi connectivity index (χ1) is 9.90. The maximum Gasteiger partial charge on any atom is 0.417 e. The predicted molar refractivity (Wildman–Crippen MR) is 71.1 cm³/mol. The van der Waals surface area contributed by atoms with Crippen molar-refractivity contribution < 1.29 is 27.4 Å². The maximum atomic E-state index is 13.0. The van der Waals surface area contributed by atoms with Crippen molar-refractivity contribution >= 4 is 11.9 Å². The first kappa shape index (κ1) is 17.0. The Morgan fingerprint density at radius 3 is 2.33 bits per heavy atom. The molecule has 0 aliphatic rings. The van der Waals surface area contributed by atoms with Crippen molar-refractivity contribution in [1.29, 1.82) is 0 Å². The van der Waals surface area contributed by atoms with Crippen LogP contribution >= 0.6 is 0 Å². The highest BCUT2D eigenvalue weighted by Gasteiger charge is 2.34. The van der Waals surface area contributed by atoms with Gasteiger partial charge in [0, 0.05) is 5.56 Å². The Bertz CT molecular complexity index is 512. The van der Waals surface area contributed by atoms with Crippen molar-refractivity contribution in [3.05, 3.63) is 35.4 Å². The monoisotopic (exact) mass is 303 g/mol. The Hall–Kier alpha value is -2.05. The van der Waals surface area contributed by atoms with Crippen LogP contribution in [0.2, 0.25) is 0 Å². The van der Waals surface area contributed by atoms with E-state index in [4.69, 9.17) is 4.74 Å². The predicted octanol–water partition coefficient (Wildman–Crippen LogP) is 3.05. The minimum Gasteiger partial charge on any atom is -0.478 e. The average Bonchev–Trinajstić information content (AvgIpc) is 2.43. The van der Waals surface area contributed by atoms with Gasteiger partial charge in [-0.2, -0.15) is 13.2 Å². The third-order valence-corrected chi connectivity index (χ3v) is 2.40. The summed E-state index contributed by atoms with van der Waals surface area (Å²) in [6.07, 6.45) is -4.53. The van der Waals surface area contributed by atoms with Crippen molar-refractivity contribution in [2.75, 3.05) is 19.8 Å². The lowest BCUT2D eigenvalue weighted by Gasteiger charge is -2.14. The van der Waals surface area contributed by atoms with E-state index in [-0.39, 0.29) is 24.7 Å².